The van der Waals surface area contributed by atoms with Crippen LogP contribution in [0.15, 0.2) is 54.6 Å². The Kier molecular flexibility index (Phi) is 11.3. The molecular formula is C30H39F3N3O7P. The molecule has 44 heavy (non-hydrogen) atoms. The predicted molar refractivity (Wildman–Crippen MR) is 158 cm³/mol. The van der Waals surface area contributed by atoms with Crippen LogP contribution in [0.4, 0.5) is 22.8 Å². The summed E-state index contributed by atoms with van der Waals surface area (Å²) in [6.07, 6.45) is -7.41. The maximum Gasteiger partial charge on any atom is 0.416 e. The van der Waals surface area contributed by atoms with E-state index < -0.39 is 61.5 Å². The number of ether oxygens (including phenoxy) is 1. The number of hydrogen-bond donors (Lipinski definition) is 2. The normalized spacial score (nSPS) is 17.6. The van der Waals surface area contributed by atoms with Gasteiger partial charge in [-0.3, -0.25) is 14.3 Å². The maximum absolute atomic E-state index is 15.0. The summed E-state index contributed by atoms with van der Waals surface area (Å²) in [5.41, 5.74) is -1.33. The summed E-state index contributed by atoms with van der Waals surface area (Å²) in [4.78, 5) is 39.3. The third kappa shape index (κ3) is 9.06. The van der Waals surface area contributed by atoms with Crippen molar-refractivity contribution in [2.75, 3.05) is 19.6 Å². The molecule has 3 rings (SSSR count). The molecule has 0 saturated carbocycles. The molecule has 2 aromatic carbocycles. The Morgan fingerprint density at radius 3 is 2.18 bits per heavy atom. The van der Waals surface area contributed by atoms with Crippen LogP contribution < -0.4 is 10.6 Å². The summed E-state index contributed by atoms with van der Waals surface area (Å²) < 4.78 is 67.6. The number of hydrogen-bond acceptors (Lipinski definition) is 6. The minimum atomic E-state index is -4.65. The second-order valence-electron chi connectivity index (χ2n) is 12.0. The van der Waals surface area contributed by atoms with Crippen molar-refractivity contribution in [3.63, 3.8) is 0 Å². The molecule has 2 aromatic rings. The van der Waals surface area contributed by atoms with Crippen LogP contribution in [0.5, 0.6) is 0 Å². The van der Waals surface area contributed by atoms with Crippen LogP contribution in [0, 0.1) is 5.92 Å². The second-order valence-corrected chi connectivity index (χ2v) is 14.4. The summed E-state index contributed by atoms with van der Waals surface area (Å²) in [7, 11) is -4.35. The summed E-state index contributed by atoms with van der Waals surface area (Å²) in [5.74, 6) is -0.693. The molecule has 1 heterocycles. The predicted octanol–water partition coefficient (Wildman–Crippen LogP) is 5.91. The van der Waals surface area contributed by atoms with E-state index in [4.69, 9.17) is 9.26 Å². The number of nitrogens with zero attached hydrogens (tertiary/aromatic N) is 2. The number of amides is 2. The topological polar surface area (TPSA) is 125 Å². The third-order valence-electron chi connectivity index (χ3n) is 6.95. The highest BCUT2D eigenvalue weighted by Gasteiger charge is 2.43. The number of carboxylic acid groups (broad SMARTS) is 1. The zero-order valence-corrected chi connectivity index (χ0v) is 26.2. The highest BCUT2D eigenvalue weighted by molar-refractivity contribution is 7.64. The smallest absolute Gasteiger partial charge is 0.416 e. The van der Waals surface area contributed by atoms with Crippen molar-refractivity contribution in [2.24, 2.45) is 5.92 Å². The fourth-order valence-corrected chi connectivity index (χ4v) is 7.14. The SMILES string of the molecule is CC(C)C[C@@H](C(=O)CN(C[C@@H]1CNC(=O)O1)P(=O)(OCc1ccccc1)c1ccc(C(F)(F)F)cc1)N(C(=O)O)C(C)(C)C. The molecule has 3 atom stereocenters. The Morgan fingerprint density at radius 2 is 1.70 bits per heavy atom. The van der Waals surface area contributed by atoms with Gasteiger partial charge in [-0.15, -0.1) is 0 Å². The van der Waals surface area contributed by atoms with Crippen molar-refractivity contribution in [1.82, 2.24) is 14.9 Å². The van der Waals surface area contributed by atoms with Gasteiger partial charge in [0.15, 0.2) is 5.78 Å². The largest absolute Gasteiger partial charge is 0.465 e. The molecule has 0 spiro atoms. The van der Waals surface area contributed by atoms with E-state index in [1.165, 1.54) is 4.67 Å². The minimum absolute atomic E-state index is 0.0217. The maximum atomic E-state index is 15.0. The van der Waals surface area contributed by atoms with Gasteiger partial charge in [0.2, 0.25) is 0 Å². The summed E-state index contributed by atoms with van der Waals surface area (Å²) in [5, 5.41) is 12.5. The van der Waals surface area contributed by atoms with Crippen molar-refractivity contribution in [1.29, 1.82) is 0 Å². The molecule has 10 nitrogen and oxygen atoms in total. The number of carbonyl (C=O) groups is 3. The average Bonchev–Trinajstić information content (AvgIpc) is 3.34. The van der Waals surface area contributed by atoms with E-state index in [-0.39, 0.29) is 37.3 Å². The van der Waals surface area contributed by atoms with E-state index in [9.17, 15) is 37.2 Å². The van der Waals surface area contributed by atoms with Gasteiger partial charge < -0.3 is 19.7 Å². The van der Waals surface area contributed by atoms with Crippen molar-refractivity contribution in [3.05, 3.63) is 65.7 Å². The number of nitrogens with one attached hydrogen (secondary N) is 1. The van der Waals surface area contributed by atoms with Gasteiger partial charge in [-0.05, 0) is 62.9 Å². The van der Waals surface area contributed by atoms with Gasteiger partial charge in [0.05, 0.1) is 36.6 Å². The number of alkyl carbamates (subject to hydrolysis) is 1. The first-order valence-corrected chi connectivity index (χ1v) is 15.7. The molecule has 0 radical (unpaired) electrons. The molecule has 1 aliphatic heterocycles. The van der Waals surface area contributed by atoms with Crippen molar-refractivity contribution in [2.45, 2.75) is 71.5 Å². The third-order valence-corrected chi connectivity index (χ3v) is 9.43. The van der Waals surface area contributed by atoms with Gasteiger partial charge in [-0.25, -0.2) is 14.3 Å². The molecule has 1 unspecified atom stereocenters. The van der Waals surface area contributed by atoms with Crippen LogP contribution in [-0.2, 0) is 31.4 Å². The second kappa shape index (κ2) is 14.1. The van der Waals surface area contributed by atoms with E-state index in [1.54, 1.807) is 51.1 Å². The van der Waals surface area contributed by atoms with Crippen LogP contribution in [0.25, 0.3) is 0 Å². The van der Waals surface area contributed by atoms with Gasteiger partial charge in [0, 0.05) is 12.1 Å². The Balaban J connectivity index is 2.11. The van der Waals surface area contributed by atoms with Gasteiger partial charge >= 0.3 is 25.9 Å². The molecule has 1 fully saturated rings. The molecule has 0 aromatic heterocycles. The number of benzene rings is 2. The van der Waals surface area contributed by atoms with E-state index >= 15 is 0 Å². The Bertz CT molecular complexity index is 1350. The summed E-state index contributed by atoms with van der Waals surface area (Å²) >= 11 is 0. The van der Waals surface area contributed by atoms with Gasteiger partial charge in [0.25, 0.3) is 0 Å². The number of rotatable bonds is 13. The van der Waals surface area contributed by atoms with Gasteiger partial charge in [-0.1, -0.05) is 44.2 Å². The molecule has 1 aliphatic rings. The molecule has 2 amide bonds. The lowest BCUT2D eigenvalue weighted by atomic mass is 9.94. The fourth-order valence-electron chi connectivity index (χ4n) is 4.93. The Hall–Kier alpha value is -3.41. The van der Waals surface area contributed by atoms with Crippen molar-refractivity contribution < 1.29 is 46.5 Å². The van der Waals surface area contributed by atoms with E-state index in [1.807, 2.05) is 13.8 Å². The molecule has 0 aliphatic carbocycles. The minimum Gasteiger partial charge on any atom is -0.465 e. The molecule has 2 N–H and O–H groups in total. The molecule has 242 valence electrons. The summed E-state index contributed by atoms with van der Waals surface area (Å²) in [6.45, 7) is 7.55. The van der Waals surface area contributed by atoms with E-state index in [0.29, 0.717) is 5.56 Å². The Morgan fingerprint density at radius 1 is 1.09 bits per heavy atom. The first-order valence-electron chi connectivity index (χ1n) is 14.1. The number of Topliss-reactive ketones (excluding diaryl/α,β-unsaturated/α-hetero) is 1. The number of carbonyl (C=O) groups excluding carboxylic acids is 2. The highest BCUT2D eigenvalue weighted by atomic mass is 31.2. The summed E-state index contributed by atoms with van der Waals surface area (Å²) in [6, 6.07) is 11.1. The average molecular weight is 642 g/mol. The monoisotopic (exact) mass is 641 g/mol. The van der Waals surface area contributed by atoms with Crippen LogP contribution in [-0.4, -0.2) is 70.0 Å². The highest BCUT2D eigenvalue weighted by Crippen LogP contribution is 2.51. The van der Waals surface area contributed by atoms with Gasteiger partial charge in [-0.2, -0.15) is 13.2 Å². The first-order chi connectivity index (χ1) is 20.4. The van der Waals surface area contributed by atoms with E-state index in [0.717, 1.165) is 29.2 Å². The number of alkyl halides is 3. The van der Waals surface area contributed by atoms with Crippen LogP contribution in [0.3, 0.4) is 0 Å². The van der Waals surface area contributed by atoms with Gasteiger partial charge in [0.1, 0.15) is 6.10 Å². The molecule has 14 heteroatoms. The zero-order chi connectivity index (χ0) is 32.9. The molecule has 0 bridgehead atoms. The number of ketones is 1. The Labute approximate surface area is 255 Å². The zero-order valence-electron chi connectivity index (χ0n) is 25.3. The van der Waals surface area contributed by atoms with Crippen molar-refractivity contribution in [3.8, 4) is 0 Å². The molecular weight excluding hydrogens is 602 g/mol. The first kappa shape index (κ1) is 35.1. The standard InChI is InChI=1S/C30H39F3N3O7P/c1-20(2)15-25(36(28(39)40)29(3,4)5)26(37)18-35(17-23-16-34-27(38)43-23)44(41,42-19-21-9-7-6-8-10-21)24-13-11-22(12-14-24)30(31,32)33/h6-14,20,23,25H,15-19H2,1-5H3,(H,34,38)(H,39,40)/t23-,25-,44?/m0/s1. The quantitative estimate of drug-likeness (QED) is 0.259. The van der Waals surface area contributed by atoms with Crippen LogP contribution in [0.2, 0.25) is 0 Å². The fraction of sp³-hybridized carbons (Fsp3) is 0.500. The number of halogens is 3. The van der Waals surface area contributed by atoms with Crippen molar-refractivity contribution >= 4 is 30.8 Å². The lowest BCUT2D eigenvalue weighted by Crippen LogP contribution is -2.56. The lowest BCUT2D eigenvalue weighted by molar-refractivity contribution is -0.137. The van der Waals surface area contributed by atoms with Crippen LogP contribution in [0.1, 0.15) is 52.2 Å². The number of cyclic esters (lactones) is 1. The van der Waals surface area contributed by atoms with Crippen LogP contribution >= 0.6 is 7.52 Å². The lowest BCUT2D eigenvalue weighted by Gasteiger charge is -2.41. The van der Waals surface area contributed by atoms with E-state index in [2.05, 4.69) is 5.32 Å². The molecule has 1 saturated heterocycles.